The zero-order chi connectivity index (χ0) is 24.6. The van der Waals surface area contributed by atoms with Crippen LogP contribution < -0.4 is 21.5 Å². The number of nitrogens with zero attached hydrogens (tertiary/aromatic N) is 4. The van der Waals surface area contributed by atoms with Crippen molar-refractivity contribution in [2.24, 2.45) is 5.41 Å². The average Bonchev–Trinajstić information content (AvgIpc) is 3.26. The van der Waals surface area contributed by atoms with E-state index in [1.54, 1.807) is 20.3 Å². The van der Waals surface area contributed by atoms with Gasteiger partial charge in [-0.3, -0.25) is 14.4 Å². The molecule has 34 heavy (non-hydrogen) atoms. The van der Waals surface area contributed by atoms with Gasteiger partial charge >= 0.3 is 0 Å². The van der Waals surface area contributed by atoms with Crippen LogP contribution in [0.4, 0.5) is 17.1 Å². The Morgan fingerprint density at radius 2 is 1.82 bits per heavy atom. The Morgan fingerprint density at radius 3 is 2.47 bits per heavy atom. The third-order valence-corrected chi connectivity index (χ3v) is 6.69. The summed E-state index contributed by atoms with van der Waals surface area (Å²) in [7, 11) is 3.09. The van der Waals surface area contributed by atoms with Gasteiger partial charge in [0.25, 0.3) is 16.8 Å². The Morgan fingerprint density at radius 1 is 1.15 bits per heavy atom. The summed E-state index contributed by atoms with van der Waals surface area (Å²) < 4.78 is 0. The second-order valence-electron chi connectivity index (χ2n) is 9.29. The first kappa shape index (κ1) is 23.3. The molecule has 10 heteroatoms. The number of nitrogens with one attached hydrogen (secondary N) is 2. The first-order valence-corrected chi connectivity index (χ1v) is 11.2. The minimum Gasteiger partial charge on any atom is -0.504 e. The van der Waals surface area contributed by atoms with Crippen molar-refractivity contribution in [3.63, 3.8) is 0 Å². The van der Waals surface area contributed by atoms with E-state index in [1.165, 1.54) is 23.5 Å². The molecule has 0 aliphatic heterocycles. The molecule has 2 heterocycles. The summed E-state index contributed by atoms with van der Waals surface area (Å²) in [5, 5.41) is 16.8. The molecule has 0 bridgehead atoms. The summed E-state index contributed by atoms with van der Waals surface area (Å²) in [6, 6.07) is 1.16. The molecule has 178 valence electrons. The number of aromatic nitrogens is 3. The quantitative estimate of drug-likeness (QED) is 0.451. The standard InChI is InChI=1S/C24H28N6O4/c1-13-14(11-25-12-27-13)22(24(2)8-5-6-9-24)29-17-16(20(32)21(17)33)28-15-7-10-26-18(19(15)31)23(34)30(3)4/h7,10-12,22,29,31H,5-6,8-9H2,1-4H3,(H,26,28)/t22-/m0/s1. The third kappa shape index (κ3) is 4.00. The van der Waals surface area contributed by atoms with Crippen LogP contribution in [0.2, 0.25) is 0 Å². The van der Waals surface area contributed by atoms with Crippen LogP contribution in [-0.2, 0) is 0 Å². The van der Waals surface area contributed by atoms with Crippen LogP contribution in [-0.4, -0.2) is 45.0 Å². The Hall–Kier alpha value is -3.82. The zero-order valence-corrected chi connectivity index (χ0v) is 19.7. The van der Waals surface area contributed by atoms with Crippen LogP contribution in [0.3, 0.4) is 0 Å². The topological polar surface area (TPSA) is 137 Å². The van der Waals surface area contributed by atoms with Gasteiger partial charge < -0.3 is 20.6 Å². The highest BCUT2D eigenvalue weighted by Crippen LogP contribution is 2.49. The molecule has 3 N–H and O–H groups in total. The van der Waals surface area contributed by atoms with Crippen molar-refractivity contribution in [3.05, 3.63) is 62.2 Å². The number of carbonyl (C=O) groups excluding carboxylic acids is 1. The van der Waals surface area contributed by atoms with Crippen molar-refractivity contribution >= 4 is 23.0 Å². The largest absolute Gasteiger partial charge is 0.504 e. The molecule has 0 saturated heterocycles. The van der Waals surface area contributed by atoms with E-state index in [4.69, 9.17) is 0 Å². The molecule has 3 aromatic rings. The molecule has 1 fully saturated rings. The fourth-order valence-electron chi connectivity index (χ4n) is 4.63. The van der Waals surface area contributed by atoms with Crippen molar-refractivity contribution in [2.75, 3.05) is 24.7 Å². The summed E-state index contributed by atoms with van der Waals surface area (Å²) in [5.74, 6) is -0.884. The molecular formula is C24H28N6O4. The van der Waals surface area contributed by atoms with Gasteiger partial charge in [-0.2, -0.15) is 0 Å². The van der Waals surface area contributed by atoms with Gasteiger partial charge in [0, 0.05) is 37.7 Å². The van der Waals surface area contributed by atoms with Crippen molar-refractivity contribution in [1.82, 2.24) is 19.9 Å². The van der Waals surface area contributed by atoms with Crippen LogP contribution in [0.15, 0.2) is 34.4 Å². The maximum atomic E-state index is 12.6. The summed E-state index contributed by atoms with van der Waals surface area (Å²) in [6.07, 6.45) is 8.64. The number of hydrogen-bond donors (Lipinski definition) is 3. The summed E-state index contributed by atoms with van der Waals surface area (Å²) >= 11 is 0. The Balaban J connectivity index is 1.70. The SMILES string of the molecule is Cc1ncncc1[C@H](Nc1c(Nc2ccnc(C(=O)N(C)C)c2O)c(=O)c1=O)C1(C)CCCC1. The van der Waals surface area contributed by atoms with E-state index in [9.17, 15) is 19.5 Å². The normalized spacial score (nSPS) is 15.8. The van der Waals surface area contributed by atoms with Crippen LogP contribution in [0.5, 0.6) is 5.75 Å². The van der Waals surface area contributed by atoms with Crippen molar-refractivity contribution in [2.45, 2.75) is 45.6 Å². The van der Waals surface area contributed by atoms with Crippen LogP contribution in [0.1, 0.15) is 60.4 Å². The zero-order valence-electron chi connectivity index (χ0n) is 19.7. The number of pyridine rings is 1. The van der Waals surface area contributed by atoms with Crippen molar-refractivity contribution in [3.8, 4) is 5.75 Å². The minimum absolute atomic E-state index is 0.0378. The molecule has 1 amide bonds. The van der Waals surface area contributed by atoms with Gasteiger partial charge in [-0.25, -0.2) is 15.0 Å². The molecule has 0 spiro atoms. The van der Waals surface area contributed by atoms with Crippen molar-refractivity contribution < 1.29 is 9.90 Å². The lowest BCUT2D eigenvalue weighted by Crippen LogP contribution is -2.40. The Kier molecular flexibility index (Phi) is 6.07. The smallest absolute Gasteiger partial charge is 0.275 e. The second kappa shape index (κ2) is 8.85. The van der Waals surface area contributed by atoms with Crippen LogP contribution in [0, 0.1) is 12.3 Å². The first-order chi connectivity index (χ1) is 16.1. The number of carbonyl (C=O) groups is 1. The maximum absolute atomic E-state index is 12.6. The number of hydrogen-bond acceptors (Lipinski definition) is 9. The molecule has 1 aromatic carbocycles. The lowest BCUT2D eigenvalue weighted by molar-refractivity contribution is 0.0819. The van der Waals surface area contributed by atoms with Gasteiger partial charge in [-0.15, -0.1) is 0 Å². The number of rotatable bonds is 7. The highest BCUT2D eigenvalue weighted by Gasteiger charge is 2.40. The van der Waals surface area contributed by atoms with Gasteiger partial charge in [0.05, 0.1) is 11.7 Å². The lowest BCUT2D eigenvalue weighted by Gasteiger charge is -2.36. The summed E-state index contributed by atoms with van der Waals surface area (Å²) in [4.78, 5) is 51.1. The highest BCUT2D eigenvalue weighted by atomic mass is 16.3. The Bertz CT molecular complexity index is 1310. The fraction of sp³-hybridized carbons (Fsp3) is 0.417. The second-order valence-corrected chi connectivity index (χ2v) is 9.29. The summed E-state index contributed by atoms with van der Waals surface area (Å²) in [5.41, 5.74) is 0.311. The molecule has 1 aliphatic rings. The van der Waals surface area contributed by atoms with E-state index in [0.717, 1.165) is 36.9 Å². The number of amides is 1. The molecule has 1 aliphatic carbocycles. The van der Waals surface area contributed by atoms with E-state index >= 15 is 0 Å². The van der Waals surface area contributed by atoms with E-state index in [0.29, 0.717) is 0 Å². The molecule has 4 rings (SSSR count). The van der Waals surface area contributed by atoms with Gasteiger partial charge in [-0.05, 0) is 31.2 Å². The maximum Gasteiger partial charge on any atom is 0.275 e. The van der Waals surface area contributed by atoms with E-state index in [-0.39, 0.29) is 34.2 Å². The number of aromatic hydroxyl groups is 1. The van der Waals surface area contributed by atoms with Crippen LogP contribution >= 0.6 is 0 Å². The highest BCUT2D eigenvalue weighted by molar-refractivity contribution is 5.97. The summed E-state index contributed by atoms with van der Waals surface area (Å²) in [6.45, 7) is 4.06. The Labute approximate surface area is 196 Å². The third-order valence-electron chi connectivity index (χ3n) is 6.69. The predicted molar refractivity (Wildman–Crippen MR) is 128 cm³/mol. The monoisotopic (exact) mass is 464 g/mol. The molecule has 0 unspecified atom stereocenters. The van der Waals surface area contributed by atoms with Gasteiger partial charge in [0.2, 0.25) is 0 Å². The molecule has 0 radical (unpaired) electrons. The van der Waals surface area contributed by atoms with Gasteiger partial charge in [0.1, 0.15) is 17.7 Å². The minimum atomic E-state index is -0.699. The fourth-order valence-corrected chi connectivity index (χ4v) is 4.63. The molecular weight excluding hydrogens is 436 g/mol. The molecule has 1 atom stereocenters. The van der Waals surface area contributed by atoms with Crippen LogP contribution in [0.25, 0.3) is 0 Å². The number of anilines is 3. The average molecular weight is 465 g/mol. The molecule has 2 aromatic heterocycles. The van der Waals surface area contributed by atoms with E-state index in [1.807, 2.05) is 6.92 Å². The van der Waals surface area contributed by atoms with Gasteiger partial charge in [0.15, 0.2) is 11.4 Å². The van der Waals surface area contributed by atoms with Gasteiger partial charge in [-0.1, -0.05) is 19.8 Å². The lowest BCUT2D eigenvalue weighted by atomic mass is 9.77. The molecule has 10 nitrogen and oxygen atoms in total. The predicted octanol–water partition coefficient (Wildman–Crippen LogP) is 2.66. The van der Waals surface area contributed by atoms with E-state index in [2.05, 4.69) is 32.5 Å². The van der Waals surface area contributed by atoms with E-state index < -0.39 is 22.5 Å². The first-order valence-electron chi connectivity index (χ1n) is 11.2. The molecule has 1 saturated carbocycles. The number of aryl methyl sites for hydroxylation is 1. The van der Waals surface area contributed by atoms with Crippen molar-refractivity contribution in [1.29, 1.82) is 0 Å².